The maximum Gasteiger partial charge on any atom is 0.220 e. The van der Waals surface area contributed by atoms with E-state index in [9.17, 15) is 15.0 Å². The SMILES string of the molecule is O=C(CCC(O)C=CC=CC=CC(O)Cc1ccccc1)NCc1ccccc1. The average molecular weight is 392 g/mol. The van der Waals surface area contributed by atoms with Crippen molar-refractivity contribution in [3.8, 4) is 0 Å². The van der Waals surface area contributed by atoms with Gasteiger partial charge in [0.05, 0.1) is 12.2 Å². The van der Waals surface area contributed by atoms with E-state index in [4.69, 9.17) is 0 Å². The summed E-state index contributed by atoms with van der Waals surface area (Å²) in [5, 5.41) is 22.7. The number of carbonyl (C=O) groups is 1. The molecule has 2 unspecified atom stereocenters. The molecule has 0 bridgehead atoms. The molecule has 0 aliphatic heterocycles. The molecule has 0 aromatic heterocycles. The monoisotopic (exact) mass is 391 g/mol. The normalized spacial score (nSPS) is 13.9. The van der Waals surface area contributed by atoms with Gasteiger partial charge < -0.3 is 15.5 Å². The summed E-state index contributed by atoms with van der Waals surface area (Å²) in [6, 6.07) is 19.5. The van der Waals surface area contributed by atoms with Crippen LogP contribution in [0.4, 0.5) is 0 Å². The van der Waals surface area contributed by atoms with Crippen molar-refractivity contribution in [2.24, 2.45) is 0 Å². The molecule has 1 amide bonds. The fourth-order valence-corrected chi connectivity index (χ4v) is 2.70. The van der Waals surface area contributed by atoms with Crippen molar-refractivity contribution in [2.75, 3.05) is 0 Å². The molecule has 2 rings (SSSR count). The second-order valence-corrected chi connectivity index (χ2v) is 6.78. The van der Waals surface area contributed by atoms with Crippen molar-refractivity contribution in [1.82, 2.24) is 5.32 Å². The predicted octanol–water partition coefficient (Wildman–Crippen LogP) is 3.72. The molecule has 0 heterocycles. The van der Waals surface area contributed by atoms with Gasteiger partial charge in [-0.2, -0.15) is 0 Å². The van der Waals surface area contributed by atoms with Gasteiger partial charge in [-0.05, 0) is 17.5 Å². The summed E-state index contributed by atoms with van der Waals surface area (Å²) >= 11 is 0. The average Bonchev–Trinajstić information content (AvgIpc) is 2.74. The zero-order chi connectivity index (χ0) is 20.7. The smallest absolute Gasteiger partial charge is 0.220 e. The van der Waals surface area contributed by atoms with Crippen LogP contribution >= 0.6 is 0 Å². The van der Waals surface area contributed by atoms with Crippen LogP contribution < -0.4 is 5.32 Å². The van der Waals surface area contributed by atoms with Crippen LogP contribution in [0.5, 0.6) is 0 Å². The summed E-state index contributed by atoms with van der Waals surface area (Å²) < 4.78 is 0. The van der Waals surface area contributed by atoms with Gasteiger partial charge in [0, 0.05) is 19.4 Å². The molecule has 0 fully saturated rings. The van der Waals surface area contributed by atoms with E-state index in [0.717, 1.165) is 11.1 Å². The lowest BCUT2D eigenvalue weighted by Crippen LogP contribution is -2.23. The van der Waals surface area contributed by atoms with Crippen LogP contribution in [0.1, 0.15) is 24.0 Å². The van der Waals surface area contributed by atoms with E-state index in [0.29, 0.717) is 19.4 Å². The number of rotatable bonds is 11. The van der Waals surface area contributed by atoms with Crippen molar-refractivity contribution in [1.29, 1.82) is 0 Å². The minimum absolute atomic E-state index is 0.0767. The maximum absolute atomic E-state index is 11.8. The molecule has 152 valence electrons. The molecule has 3 N–H and O–H groups in total. The van der Waals surface area contributed by atoms with Crippen molar-refractivity contribution in [3.05, 3.63) is 108 Å². The van der Waals surface area contributed by atoms with E-state index in [1.165, 1.54) is 0 Å². The Kier molecular flexibility index (Phi) is 10.2. The first-order valence-electron chi connectivity index (χ1n) is 9.86. The van der Waals surface area contributed by atoms with Crippen LogP contribution in [0, 0.1) is 0 Å². The highest BCUT2D eigenvalue weighted by atomic mass is 16.3. The quantitative estimate of drug-likeness (QED) is 0.512. The summed E-state index contributed by atoms with van der Waals surface area (Å²) in [7, 11) is 0. The number of aliphatic hydroxyl groups excluding tert-OH is 2. The van der Waals surface area contributed by atoms with Crippen molar-refractivity contribution in [2.45, 2.75) is 38.0 Å². The molecular formula is C25H29NO3. The van der Waals surface area contributed by atoms with Gasteiger partial charge in [0.1, 0.15) is 0 Å². The first kappa shape index (κ1) is 22.3. The molecule has 0 saturated carbocycles. The van der Waals surface area contributed by atoms with Crippen LogP contribution in [0.3, 0.4) is 0 Å². The zero-order valence-electron chi connectivity index (χ0n) is 16.5. The van der Waals surface area contributed by atoms with E-state index in [1.54, 1.807) is 36.5 Å². The Hall–Kier alpha value is -2.95. The standard InChI is InChI=1S/C25H29NO3/c27-23(17-18-25(29)26-20-22-13-7-4-8-14-22)15-9-1-2-10-16-24(28)19-21-11-5-3-6-12-21/h1-16,23-24,27-28H,17-20H2,(H,26,29). The lowest BCUT2D eigenvalue weighted by molar-refractivity contribution is -0.121. The fourth-order valence-electron chi connectivity index (χ4n) is 2.70. The molecule has 2 aromatic carbocycles. The minimum atomic E-state index is -0.672. The van der Waals surface area contributed by atoms with Crippen LogP contribution in [0.25, 0.3) is 0 Å². The fraction of sp³-hybridized carbons (Fsp3) is 0.240. The van der Waals surface area contributed by atoms with Crippen LogP contribution in [-0.2, 0) is 17.8 Å². The Balaban J connectivity index is 1.60. The van der Waals surface area contributed by atoms with Gasteiger partial charge in [0.2, 0.25) is 5.91 Å². The van der Waals surface area contributed by atoms with Crippen molar-refractivity contribution in [3.63, 3.8) is 0 Å². The molecule has 0 aliphatic rings. The topological polar surface area (TPSA) is 69.6 Å². The van der Waals surface area contributed by atoms with E-state index < -0.39 is 12.2 Å². The first-order chi connectivity index (χ1) is 14.1. The van der Waals surface area contributed by atoms with Crippen LogP contribution in [-0.4, -0.2) is 28.3 Å². The van der Waals surface area contributed by atoms with E-state index in [-0.39, 0.29) is 12.3 Å². The number of amides is 1. The zero-order valence-corrected chi connectivity index (χ0v) is 16.5. The largest absolute Gasteiger partial charge is 0.389 e. The molecule has 0 aliphatic carbocycles. The van der Waals surface area contributed by atoms with E-state index in [1.807, 2.05) is 60.7 Å². The number of nitrogens with one attached hydrogen (secondary N) is 1. The van der Waals surface area contributed by atoms with Gasteiger partial charge in [-0.25, -0.2) is 0 Å². The third-order valence-corrected chi connectivity index (χ3v) is 4.29. The molecule has 0 spiro atoms. The number of benzene rings is 2. The van der Waals surface area contributed by atoms with Gasteiger partial charge in [-0.1, -0.05) is 97.1 Å². The summed E-state index contributed by atoms with van der Waals surface area (Å²) in [6.45, 7) is 0.497. The number of carbonyl (C=O) groups excluding carboxylic acids is 1. The van der Waals surface area contributed by atoms with Gasteiger partial charge >= 0.3 is 0 Å². The molecule has 0 saturated heterocycles. The second kappa shape index (κ2) is 13.3. The summed E-state index contributed by atoms with van der Waals surface area (Å²) in [5.74, 6) is -0.0767. The number of hydrogen-bond acceptors (Lipinski definition) is 3. The summed E-state index contributed by atoms with van der Waals surface area (Å²) in [4.78, 5) is 11.8. The van der Waals surface area contributed by atoms with Crippen molar-refractivity contribution >= 4 is 5.91 Å². The molecule has 4 nitrogen and oxygen atoms in total. The molecular weight excluding hydrogens is 362 g/mol. The first-order valence-corrected chi connectivity index (χ1v) is 9.86. The highest BCUT2D eigenvalue weighted by Crippen LogP contribution is 2.04. The molecule has 29 heavy (non-hydrogen) atoms. The third-order valence-electron chi connectivity index (χ3n) is 4.29. The Morgan fingerprint density at radius 2 is 1.34 bits per heavy atom. The summed E-state index contributed by atoms with van der Waals surface area (Å²) in [5.41, 5.74) is 2.14. The highest BCUT2D eigenvalue weighted by molar-refractivity contribution is 5.75. The van der Waals surface area contributed by atoms with Gasteiger partial charge in [-0.3, -0.25) is 4.79 Å². The maximum atomic E-state index is 11.8. The van der Waals surface area contributed by atoms with Crippen LogP contribution in [0.15, 0.2) is 97.1 Å². The number of aliphatic hydroxyl groups is 2. The summed E-state index contributed by atoms with van der Waals surface area (Å²) in [6.07, 6.45) is 10.5. The molecule has 2 aromatic rings. The number of allylic oxidation sites excluding steroid dienone is 4. The third kappa shape index (κ3) is 10.2. The van der Waals surface area contributed by atoms with E-state index >= 15 is 0 Å². The van der Waals surface area contributed by atoms with Gasteiger partial charge in [0.25, 0.3) is 0 Å². The Labute approximate surface area is 172 Å². The highest BCUT2D eigenvalue weighted by Gasteiger charge is 2.05. The predicted molar refractivity (Wildman–Crippen MR) is 117 cm³/mol. The van der Waals surface area contributed by atoms with Crippen LogP contribution in [0.2, 0.25) is 0 Å². The minimum Gasteiger partial charge on any atom is -0.389 e. The van der Waals surface area contributed by atoms with Gasteiger partial charge in [0.15, 0.2) is 0 Å². The second-order valence-electron chi connectivity index (χ2n) is 6.78. The Morgan fingerprint density at radius 3 is 1.97 bits per heavy atom. The Bertz CT molecular complexity index is 797. The molecule has 4 heteroatoms. The van der Waals surface area contributed by atoms with E-state index in [2.05, 4.69) is 5.32 Å². The van der Waals surface area contributed by atoms with Gasteiger partial charge in [-0.15, -0.1) is 0 Å². The molecule has 2 atom stereocenters. The lowest BCUT2D eigenvalue weighted by atomic mass is 10.1. The van der Waals surface area contributed by atoms with Crippen molar-refractivity contribution < 1.29 is 15.0 Å². The lowest BCUT2D eigenvalue weighted by Gasteiger charge is -2.07. The molecule has 0 radical (unpaired) electrons. The Morgan fingerprint density at radius 1 is 0.793 bits per heavy atom. The number of hydrogen-bond donors (Lipinski definition) is 3.